The Bertz CT molecular complexity index is 522. The number of rotatable bonds is 6. The molecule has 0 aliphatic carbocycles. The first-order valence-corrected chi connectivity index (χ1v) is 7.77. The van der Waals surface area contributed by atoms with Crippen LogP contribution in [0, 0.1) is 5.82 Å². The fraction of sp³-hybridized carbons (Fsp3) is 0.294. The minimum absolute atomic E-state index is 0.129. The van der Waals surface area contributed by atoms with Crippen LogP contribution in [0.2, 0.25) is 0 Å². The quantitative estimate of drug-likeness (QED) is 0.689. The monoisotopic (exact) mass is 335 g/mol. The molecule has 1 atom stereocenters. The molecule has 0 spiro atoms. The minimum atomic E-state index is -0.225. The lowest BCUT2D eigenvalue weighted by Gasteiger charge is -2.21. The Morgan fingerprint density at radius 3 is 2.50 bits per heavy atom. The molecule has 0 fully saturated rings. The number of nitrogens with one attached hydrogen (secondary N) is 1. The smallest absolute Gasteiger partial charge is 0.147 e. The van der Waals surface area contributed by atoms with Crippen LogP contribution in [0.15, 0.2) is 53.0 Å². The van der Waals surface area contributed by atoms with Gasteiger partial charge in [-0.3, -0.25) is 0 Å². The van der Waals surface area contributed by atoms with Crippen molar-refractivity contribution >= 4 is 21.6 Å². The third-order valence-electron chi connectivity index (χ3n) is 3.33. The van der Waals surface area contributed by atoms with Crippen molar-refractivity contribution in [3.8, 4) is 0 Å². The van der Waals surface area contributed by atoms with Gasteiger partial charge in [-0.05, 0) is 40.0 Å². The van der Waals surface area contributed by atoms with Gasteiger partial charge in [0.2, 0.25) is 0 Å². The van der Waals surface area contributed by atoms with Crippen LogP contribution >= 0.6 is 15.9 Å². The predicted molar refractivity (Wildman–Crippen MR) is 86.4 cm³/mol. The summed E-state index contributed by atoms with van der Waals surface area (Å²) in [4.78, 5) is 0. The second-order valence-corrected chi connectivity index (χ2v) is 5.70. The Morgan fingerprint density at radius 2 is 1.85 bits per heavy atom. The molecule has 0 saturated heterocycles. The van der Waals surface area contributed by atoms with Gasteiger partial charge < -0.3 is 5.32 Å². The van der Waals surface area contributed by atoms with Crippen LogP contribution in [0.5, 0.6) is 0 Å². The SMILES string of the molecule is CCCCC(Nc1c(F)cccc1Br)c1ccccc1. The van der Waals surface area contributed by atoms with Gasteiger partial charge >= 0.3 is 0 Å². The van der Waals surface area contributed by atoms with Crippen LogP contribution in [0.1, 0.15) is 37.8 Å². The highest BCUT2D eigenvalue weighted by molar-refractivity contribution is 9.10. The number of para-hydroxylation sites is 1. The fourth-order valence-electron chi connectivity index (χ4n) is 2.23. The van der Waals surface area contributed by atoms with Crippen molar-refractivity contribution in [1.29, 1.82) is 0 Å². The molecule has 0 amide bonds. The van der Waals surface area contributed by atoms with E-state index in [1.165, 1.54) is 11.6 Å². The first kappa shape index (κ1) is 15.0. The average molecular weight is 336 g/mol. The predicted octanol–water partition coefficient (Wildman–Crippen LogP) is 5.93. The van der Waals surface area contributed by atoms with E-state index in [1.54, 1.807) is 6.07 Å². The molecule has 2 aromatic rings. The first-order chi connectivity index (χ1) is 9.72. The number of unbranched alkanes of at least 4 members (excludes halogenated alkanes) is 1. The topological polar surface area (TPSA) is 12.0 Å². The van der Waals surface area contributed by atoms with E-state index in [9.17, 15) is 4.39 Å². The van der Waals surface area contributed by atoms with E-state index in [2.05, 4.69) is 40.3 Å². The molecule has 3 heteroatoms. The second-order valence-electron chi connectivity index (χ2n) is 4.85. The lowest BCUT2D eigenvalue weighted by Crippen LogP contribution is -2.12. The standard InChI is InChI=1S/C17H19BrFN/c1-2-3-12-16(13-8-5-4-6-9-13)20-17-14(18)10-7-11-15(17)19/h4-11,16,20H,2-3,12H2,1H3. The zero-order valence-electron chi connectivity index (χ0n) is 11.6. The minimum Gasteiger partial charge on any atom is -0.375 e. The van der Waals surface area contributed by atoms with E-state index in [1.807, 2.05) is 24.3 Å². The molecule has 0 aliphatic heterocycles. The highest BCUT2D eigenvalue weighted by Gasteiger charge is 2.14. The molecule has 0 saturated carbocycles. The van der Waals surface area contributed by atoms with Crippen LogP contribution in [0.4, 0.5) is 10.1 Å². The molecule has 0 heterocycles. The van der Waals surface area contributed by atoms with Gasteiger partial charge in [-0.1, -0.05) is 56.2 Å². The molecule has 0 aromatic heterocycles. The van der Waals surface area contributed by atoms with Gasteiger partial charge in [-0.25, -0.2) is 4.39 Å². The van der Waals surface area contributed by atoms with Crippen molar-refractivity contribution in [3.63, 3.8) is 0 Å². The van der Waals surface area contributed by atoms with E-state index in [4.69, 9.17) is 0 Å². The van der Waals surface area contributed by atoms with E-state index in [-0.39, 0.29) is 11.9 Å². The Balaban J connectivity index is 2.24. The Morgan fingerprint density at radius 1 is 1.10 bits per heavy atom. The van der Waals surface area contributed by atoms with Crippen LogP contribution in [0.25, 0.3) is 0 Å². The molecule has 0 bridgehead atoms. The first-order valence-electron chi connectivity index (χ1n) is 6.98. The normalized spacial score (nSPS) is 12.2. The van der Waals surface area contributed by atoms with Crippen LogP contribution in [0.3, 0.4) is 0 Å². The van der Waals surface area contributed by atoms with Gasteiger partial charge in [0.25, 0.3) is 0 Å². The molecule has 0 radical (unpaired) electrons. The molecule has 1 unspecified atom stereocenters. The maximum Gasteiger partial charge on any atom is 0.147 e. The molecular weight excluding hydrogens is 317 g/mol. The van der Waals surface area contributed by atoms with Crippen LogP contribution in [-0.4, -0.2) is 0 Å². The van der Waals surface area contributed by atoms with Gasteiger partial charge in [-0.2, -0.15) is 0 Å². The highest BCUT2D eigenvalue weighted by Crippen LogP contribution is 2.31. The number of halogens is 2. The fourth-order valence-corrected chi connectivity index (χ4v) is 2.68. The molecule has 1 N–H and O–H groups in total. The number of hydrogen-bond donors (Lipinski definition) is 1. The Kier molecular flexibility index (Phi) is 5.60. The summed E-state index contributed by atoms with van der Waals surface area (Å²) in [6.45, 7) is 2.17. The third-order valence-corrected chi connectivity index (χ3v) is 3.99. The van der Waals surface area contributed by atoms with Crippen LogP contribution < -0.4 is 5.32 Å². The van der Waals surface area contributed by atoms with E-state index >= 15 is 0 Å². The molecule has 2 aromatic carbocycles. The largest absolute Gasteiger partial charge is 0.375 e. The number of hydrogen-bond acceptors (Lipinski definition) is 1. The lowest BCUT2D eigenvalue weighted by molar-refractivity contribution is 0.606. The van der Waals surface area contributed by atoms with Crippen molar-refractivity contribution < 1.29 is 4.39 Å². The average Bonchev–Trinajstić information content (AvgIpc) is 2.47. The molecule has 2 rings (SSSR count). The van der Waals surface area contributed by atoms with Gasteiger partial charge in [0, 0.05) is 4.47 Å². The zero-order valence-corrected chi connectivity index (χ0v) is 13.2. The molecule has 106 valence electrons. The molecule has 0 aliphatic rings. The lowest BCUT2D eigenvalue weighted by atomic mass is 10.0. The van der Waals surface area contributed by atoms with Gasteiger partial charge in [0.1, 0.15) is 5.82 Å². The number of benzene rings is 2. The number of anilines is 1. The summed E-state index contributed by atoms with van der Waals surface area (Å²) in [7, 11) is 0. The second kappa shape index (κ2) is 7.44. The Hall–Kier alpha value is -1.35. The van der Waals surface area contributed by atoms with Gasteiger partial charge in [0.15, 0.2) is 0 Å². The zero-order chi connectivity index (χ0) is 14.4. The van der Waals surface area contributed by atoms with Gasteiger partial charge in [-0.15, -0.1) is 0 Å². The summed E-state index contributed by atoms with van der Waals surface area (Å²) in [6, 6.07) is 15.4. The van der Waals surface area contributed by atoms with E-state index in [0.717, 1.165) is 23.7 Å². The third kappa shape index (κ3) is 3.83. The van der Waals surface area contributed by atoms with Crippen LogP contribution in [-0.2, 0) is 0 Å². The maximum absolute atomic E-state index is 14.0. The molecule has 1 nitrogen and oxygen atoms in total. The van der Waals surface area contributed by atoms with Crippen molar-refractivity contribution in [2.75, 3.05) is 5.32 Å². The summed E-state index contributed by atoms with van der Waals surface area (Å²) in [5.41, 5.74) is 1.73. The highest BCUT2D eigenvalue weighted by atomic mass is 79.9. The summed E-state index contributed by atoms with van der Waals surface area (Å²) >= 11 is 3.41. The molecule has 20 heavy (non-hydrogen) atoms. The van der Waals surface area contributed by atoms with Crippen molar-refractivity contribution in [2.24, 2.45) is 0 Å². The summed E-state index contributed by atoms with van der Waals surface area (Å²) in [5, 5.41) is 3.34. The van der Waals surface area contributed by atoms with E-state index < -0.39 is 0 Å². The molecular formula is C17H19BrFN. The summed E-state index contributed by atoms with van der Waals surface area (Å²) < 4.78 is 14.7. The van der Waals surface area contributed by atoms with Crippen molar-refractivity contribution in [3.05, 3.63) is 64.4 Å². The maximum atomic E-state index is 14.0. The summed E-state index contributed by atoms with van der Waals surface area (Å²) in [6.07, 6.45) is 3.23. The van der Waals surface area contributed by atoms with Crippen molar-refractivity contribution in [2.45, 2.75) is 32.2 Å². The van der Waals surface area contributed by atoms with Gasteiger partial charge in [0.05, 0.1) is 11.7 Å². The van der Waals surface area contributed by atoms with E-state index in [0.29, 0.717) is 5.69 Å². The Labute approximate surface area is 128 Å². The summed E-state index contributed by atoms with van der Waals surface area (Å²) in [5.74, 6) is -0.225. The van der Waals surface area contributed by atoms with Crippen molar-refractivity contribution in [1.82, 2.24) is 0 Å².